The Hall–Kier alpha value is -1.05. The zero-order chi connectivity index (χ0) is 17.5. The maximum Gasteiger partial charge on any atom is 0.224 e. The van der Waals surface area contributed by atoms with Gasteiger partial charge in [-0.1, -0.05) is 59.5 Å². The summed E-state index contributed by atoms with van der Waals surface area (Å²) in [6.07, 6.45) is 1.35. The highest BCUT2D eigenvalue weighted by Gasteiger charge is 2.09. The zero-order valence-corrected chi connectivity index (χ0v) is 17.0. The molecule has 0 aliphatic rings. The first kappa shape index (κ1) is 19.3. The number of nitrogens with zero attached hydrogens (tertiary/aromatic N) is 2. The number of rotatable bonds is 8. The van der Waals surface area contributed by atoms with Crippen LogP contribution in [-0.2, 0) is 4.79 Å². The fraction of sp³-hybridized carbons (Fsp3) is 0.471. The van der Waals surface area contributed by atoms with E-state index < -0.39 is 0 Å². The minimum absolute atomic E-state index is 0.0742. The molecule has 1 aromatic heterocycles. The third kappa shape index (κ3) is 5.79. The highest BCUT2D eigenvalue weighted by atomic mass is 32.2. The SMILES string of the molecule is CCSc1nnc(SCCCC(=O)Nc2c(C)cc(C)cc2C)s1. The molecule has 0 saturated heterocycles. The summed E-state index contributed by atoms with van der Waals surface area (Å²) < 4.78 is 2.00. The van der Waals surface area contributed by atoms with Gasteiger partial charge >= 0.3 is 0 Å². The van der Waals surface area contributed by atoms with E-state index in [1.807, 2.05) is 13.8 Å². The number of carbonyl (C=O) groups is 1. The molecule has 1 N–H and O–H groups in total. The predicted molar refractivity (Wildman–Crippen MR) is 106 cm³/mol. The van der Waals surface area contributed by atoms with Crippen LogP contribution in [0.5, 0.6) is 0 Å². The maximum absolute atomic E-state index is 12.2. The molecule has 0 aliphatic heterocycles. The molecule has 1 aromatic carbocycles. The average molecular weight is 382 g/mol. The van der Waals surface area contributed by atoms with E-state index in [9.17, 15) is 4.79 Å². The lowest BCUT2D eigenvalue weighted by atomic mass is 10.0. The zero-order valence-electron chi connectivity index (χ0n) is 14.5. The van der Waals surface area contributed by atoms with Crippen LogP contribution in [0, 0.1) is 20.8 Å². The standard InChI is InChI=1S/C17H23N3OS3/c1-5-22-16-19-20-17(24-16)23-8-6-7-14(21)18-15-12(3)9-11(2)10-13(15)4/h9-10H,5-8H2,1-4H3,(H,18,21). The predicted octanol–water partition coefficient (Wildman–Crippen LogP) is 5.09. The van der Waals surface area contributed by atoms with Crippen LogP contribution >= 0.6 is 34.9 Å². The number of thioether (sulfide) groups is 2. The third-order valence-corrected chi connectivity index (χ3v) is 6.53. The van der Waals surface area contributed by atoms with Crippen molar-refractivity contribution in [3.63, 3.8) is 0 Å². The van der Waals surface area contributed by atoms with Crippen molar-refractivity contribution in [2.24, 2.45) is 0 Å². The van der Waals surface area contributed by atoms with Crippen molar-refractivity contribution in [3.05, 3.63) is 28.8 Å². The number of aryl methyl sites for hydroxylation is 3. The average Bonchev–Trinajstić information content (AvgIpc) is 2.95. The van der Waals surface area contributed by atoms with Gasteiger partial charge in [0.05, 0.1) is 0 Å². The topological polar surface area (TPSA) is 54.9 Å². The number of nitrogens with one attached hydrogen (secondary N) is 1. The van der Waals surface area contributed by atoms with Crippen LogP contribution in [-0.4, -0.2) is 27.6 Å². The molecule has 130 valence electrons. The van der Waals surface area contributed by atoms with Gasteiger partial charge in [0.2, 0.25) is 5.91 Å². The number of anilines is 1. The maximum atomic E-state index is 12.2. The monoisotopic (exact) mass is 381 g/mol. The minimum Gasteiger partial charge on any atom is -0.326 e. The molecule has 0 aliphatic carbocycles. The Balaban J connectivity index is 1.75. The fourth-order valence-electron chi connectivity index (χ4n) is 2.41. The largest absolute Gasteiger partial charge is 0.326 e. The second kappa shape index (κ2) is 9.44. The van der Waals surface area contributed by atoms with Crippen LogP contribution in [0.3, 0.4) is 0 Å². The fourth-order valence-corrected chi connectivity index (χ4v) is 5.34. The lowest BCUT2D eigenvalue weighted by molar-refractivity contribution is -0.116. The first-order valence-corrected chi connectivity index (χ1v) is 10.7. The second-order valence-electron chi connectivity index (χ2n) is 5.54. The van der Waals surface area contributed by atoms with Crippen LogP contribution in [0.25, 0.3) is 0 Å². The molecule has 0 atom stereocenters. The van der Waals surface area contributed by atoms with Gasteiger partial charge in [0.25, 0.3) is 0 Å². The summed E-state index contributed by atoms with van der Waals surface area (Å²) in [6, 6.07) is 4.19. The molecule has 2 aromatic rings. The van der Waals surface area contributed by atoms with Crippen LogP contribution in [0.1, 0.15) is 36.5 Å². The molecular formula is C17H23N3OS3. The lowest BCUT2D eigenvalue weighted by Crippen LogP contribution is -2.13. The summed E-state index contributed by atoms with van der Waals surface area (Å²) in [7, 11) is 0. The Morgan fingerprint density at radius 2 is 1.75 bits per heavy atom. The Bertz CT molecular complexity index is 677. The van der Waals surface area contributed by atoms with Crippen molar-refractivity contribution in [1.82, 2.24) is 10.2 Å². The first-order chi connectivity index (χ1) is 11.5. The molecular weight excluding hydrogens is 358 g/mol. The summed E-state index contributed by atoms with van der Waals surface area (Å²) in [4.78, 5) is 12.2. The van der Waals surface area contributed by atoms with Crippen molar-refractivity contribution < 1.29 is 4.79 Å². The Morgan fingerprint density at radius 1 is 1.12 bits per heavy atom. The second-order valence-corrected chi connectivity index (χ2v) is 9.37. The van der Waals surface area contributed by atoms with Crippen LogP contribution in [0.2, 0.25) is 0 Å². The van der Waals surface area contributed by atoms with E-state index in [1.54, 1.807) is 34.9 Å². The van der Waals surface area contributed by atoms with Crippen molar-refractivity contribution in [3.8, 4) is 0 Å². The molecule has 2 rings (SSSR count). The summed E-state index contributed by atoms with van der Waals surface area (Å²) >= 11 is 5.02. The number of carbonyl (C=O) groups excluding carboxylic acids is 1. The summed E-state index contributed by atoms with van der Waals surface area (Å²) in [5.41, 5.74) is 4.40. The van der Waals surface area contributed by atoms with Crippen LogP contribution < -0.4 is 5.32 Å². The van der Waals surface area contributed by atoms with Crippen LogP contribution in [0.4, 0.5) is 5.69 Å². The van der Waals surface area contributed by atoms with Gasteiger partial charge in [0, 0.05) is 17.9 Å². The number of benzene rings is 1. The van der Waals surface area contributed by atoms with E-state index in [0.29, 0.717) is 6.42 Å². The van der Waals surface area contributed by atoms with Crippen molar-refractivity contribution >= 4 is 46.5 Å². The van der Waals surface area contributed by atoms with Crippen molar-refractivity contribution in [2.75, 3.05) is 16.8 Å². The van der Waals surface area contributed by atoms with E-state index in [-0.39, 0.29) is 5.91 Å². The quantitative estimate of drug-likeness (QED) is 0.510. The molecule has 4 nitrogen and oxygen atoms in total. The summed E-state index contributed by atoms with van der Waals surface area (Å²) in [5, 5.41) is 11.3. The molecule has 1 amide bonds. The van der Waals surface area contributed by atoms with Gasteiger partial charge in [-0.2, -0.15) is 0 Å². The lowest BCUT2D eigenvalue weighted by Gasteiger charge is -2.12. The Labute approximate surface area is 156 Å². The van der Waals surface area contributed by atoms with E-state index in [4.69, 9.17) is 0 Å². The van der Waals surface area contributed by atoms with Crippen molar-refractivity contribution in [2.45, 2.75) is 49.2 Å². The number of hydrogen-bond acceptors (Lipinski definition) is 6. The van der Waals surface area contributed by atoms with Gasteiger partial charge in [0.15, 0.2) is 8.68 Å². The molecule has 0 radical (unpaired) electrons. The molecule has 0 bridgehead atoms. The molecule has 1 heterocycles. The normalized spacial score (nSPS) is 10.8. The molecule has 7 heteroatoms. The number of amides is 1. The Morgan fingerprint density at radius 3 is 2.38 bits per heavy atom. The Kier molecular flexibility index (Phi) is 7.58. The smallest absolute Gasteiger partial charge is 0.224 e. The van der Waals surface area contributed by atoms with Crippen molar-refractivity contribution in [1.29, 1.82) is 0 Å². The van der Waals surface area contributed by atoms with E-state index in [0.717, 1.165) is 43.4 Å². The van der Waals surface area contributed by atoms with E-state index in [2.05, 4.69) is 41.5 Å². The minimum atomic E-state index is 0.0742. The van der Waals surface area contributed by atoms with Gasteiger partial charge in [-0.3, -0.25) is 4.79 Å². The molecule has 0 saturated carbocycles. The molecule has 0 fully saturated rings. The highest BCUT2D eigenvalue weighted by Crippen LogP contribution is 2.29. The van der Waals surface area contributed by atoms with Gasteiger partial charge in [-0.05, 0) is 44.1 Å². The number of aromatic nitrogens is 2. The third-order valence-electron chi connectivity index (χ3n) is 3.37. The van der Waals surface area contributed by atoms with Gasteiger partial charge in [-0.25, -0.2) is 0 Å². The summed E-state index contributed by atoms with van der Waals surface area (Å²) in [5.74, 6) is 1.97. The first-order valence-electron chi connectivity index (χ1n) is 7.96. The molecule has 0 unspecified atom stereocenters. The van der Waals surface area contributed by atoms with Crippen LogP contribution in [0.15, 0.2) is 20.8 Å². The van der Waals surface area contributed by atoms with E-state index >= 15 is 0 Å². The molecule has 0 spiro atoms. The number of hydrogen-bond donors (Lipinski definition) is 1. The van der Waals surface area contributed by atoms with Gasteiger partial charge in [0.1, 0.15) is 0 Å². The highest BCUT2D eigenvalue weighted by molar-refractivity contribution is 8.03. The van der Waals surface area contributed by atoms with Gasteiger partial charge < -0.3 is 5.32 Å². The molecule has 24 heavy (non-hydrogen) atoms. The summed E-state index contributed by atoms with van der Waals surface area (Å²) in [6.45, 7) is 8.25. The van der Waals surface area contributed by atoms with Gasteiger partial charge in [-0.15, -0.1) is 10.2 Å². The van der Waals surface area contributed by atoms with E-state index in [1.165, 1.54) is 5.56 Å².